The van der Waals surface area contributed by atoms with Crippen molar-refractivity contribution in [3.63, 3.8) is 0 Å². The van der Waals surface area contributed by atoms with E-state index in [1.807, 2.05) is 30.3 Å². The van der Waals surface area contributed by atoms with Crippen molar-refractivity contribution in [3.8, 4) is 0 Å². The normalized spacial score (nSPS) is 35.3. The number of phosphoric ester groups is 1. The fraction of sp³-hybridized carbons (Fsp3) is 0.522. The quantitative estimate of drug-likeness (QED) is 0.385. The number of esters is 1. The average Bonchev–Trinajstić information content (AvgIpc) is 3.13. The molecule has 2 aliphatic heterocycles. The summed E-state index contributed by atoms with van der Waals surface area (Å²) < 4.78 is 42.7. The predicted molar refractivity (Wildman–Crippen MR) is 125 cm³/mol. The maximum atomic E-state index is 13.3. The topological polar surface area (TPSA) is 161 Å². The standard InChI is InChI=1S/C23H28N3O9P/c1-13(2)32-19(28)15(14-7-5-4-6-8-14)10-12-31-36(30)34-18-17-23(18,35-36)22(3,24)20(33-17)26-11-9-16(27)25-21(26)29/h4-9,11,13,15,17-18,20H,10,12,24H2,1-3H3,(H,25,27,29)/t15?,17-,18?,20-,22+,23+,36-/m1/s1. The molecule has 2 unspecified atom stereocenters. The van der Waals surface area contributed by atoms with Gasteiger partial charge in [0.1, 0.15) is 12.2 Å². The number of fused-ring (bicyclic) bond motifs is 1. The summed E-state index contributed by atoms with van der Waals surface area (Å²) in [5.74, 6) is -1.05. The van der Waals surface area contributed by atoms with Gasteiger partial charge in [0.2, 0.25) is 0 Å². The first kappa shape index (κ1) is 25.1. The number of phosphoric acid groups is 1. The summed E-state index contributed by atoms with van der Waals surface area (Å²) in [6.07, 6.45) is -1.24. The van der Waals surface area contributed by atoms with Gasteiger partial charge in [0, 0.05) is 12.3 Å². The molecule has 2 saturated heterocycles. The molecule has 1 saturated carbocycles. The lowest BCUT2D eigenvalue weighted by Crippen LogP contribution is -2.57. The first-order valence-corrected chi connectivity index (χ1v) is 13.1. The SMILES string of the molecule is CC(C)OC(=O)C(CCO[P@]1(=O)OC2[C@H]3O[C@@H](n4ccc(=O)[nH]c4=O)[C@](C)(N)[C@@]23O1)c1ccccc1. The minimum atomic E-state index is -4.04. The van der Waals surface area contributed by atoms with Crippen molar-refractivity contribution in [1.29, 1.82) is 0 Å². The van der Waals surface area contributed by atoms with Crippen LogP contribution in [0.2, 0.25) is 0 Å². The third-order valence-corrected chi connectivity index (χ3v) is 8.26. The third-order valence-electron chi connectivity index (χ3n) is 6.75. The minimum Gasteiger partial charge on any atom is -0.463 e. The smallest absolute Gasteiger partial charge is 0.463 e. The first-order valence-electron chi connectivity index (χ1n) is 11.6. The van der Waals surface area contributed by atoms with Gasteiger partial charge in [0.25, 0.3) is 5.56 Å². The first-order chi connectivity index (χ1) is 17.0. The minimum absolute atomic E-state index is 0.109. The Hall–Kier alpha value is -2.60. The van der Waals surface area contributed by atoms with Crippen molar-refractivity contribution in [2.75, 3.05) is 6.61 Å². The number of hydrogen-bond donors (Lipinski definition) is 2. The largest absolute Gasteiger partial charge is 0.476 e. The van der Waals surface area contributed by atoms with E-state index < -0.39 is 60.5 Å². The Balaban J connectivity index is 1.28. The summed E-state index contributed by atoms with van der Waals surface area (Å²) >= 11 is 0. The fourth-order valence-electron chi connectivity index (χ4n) is 4.97. The molecule has 1 aliphatic carbocycles. The van der Waals surface area contributed by atoms with Crippen LogP contribution in [0.15, 0.2) is 52.2 Å². The Morgan fingerprint density at radius 2 is 1.94 bits per heavy atom. The van der Waals surface area contributed by atoms with E-state index in [9.17, 15) is 18.9 Å². The average molecular weight is 521 g/mol. The molecule has 0 amide bonds. The maximum absolute atomic E-state index is 13.3. The van der Waals surface area contributed by atoms with Crippen LogP contribution in [0, 0.1) is 0 Å². The van der Waals surface area contributed by atoms with Gasteiger partial charge in [-0.25, -0.2) is 9.36 Å². The number of carbonyl (C=O) groups excluding carboxylic acids is 1. The number of hydrogen-bond acceptors (Lipinski definition) is 10. The molecule has 3 fully saturated rings. The van der Waals surface area contributed by atoms with Gasteiger partial charge >= 0.3 is 19.5 Å². The number of aromatic nitrogens is 2. The Kier molecular flexibility index (Phi) is 6.10. The zero-order valence-corrected chi connectivity index (χ0v) is 20.9. The molecule has 3 aliphatic rings. The summed E-state index contributed by atoms with van der Waals surface area (Å²) in [5, 5.41) is 0. The lowest BCUT2D eigenvalue weighted by molar-refractivity contribution is -0.149. The lowest BCUT2D eigenvalue weighted by atomic mass is 9.92. The fourth-order valence-corrected chi connectivity index (χ4v) is 6.78. The number of nitrogens with one attached hydrogen (secondary N) is 1. The number of benzene rings is 1. The Morgan fingerprint density at radius 3 is 2.61 bits per heavy atom. The summed E-state index contributed by atoms with van der Waals surface area (Å²) in [6.45, 7) is 5.02. The Labute approximate surface area is 206 Å². The highest BCUT2D eigenvalue weighted by Gasteiger charge is 2.89. The summed E-state index contributed by atoms with van der Waals surface area (Å²) in [4.78, 5) is 38.5. The van der Waals surface area contributed by atoms with Gasteiger partial charge in [-0.05, 0) is 32.8 Å². The zero-order chi connectivity index (χ0) is 25.9. The van der Waals surface area contributed by atoms with Crippen LogP contribution in [0.4, 0.5) is 0 Å². The second kappa shape index (κ2) is 8.76. The number of nitrogens with two attached hydrogens (primary N) is 1. The third kappa shape index (κ3) is 3.98. The predicted octanol–water partition coefficient (Wildman–Crippen LogP) is 1.57. The van der Waals surface area contributed by atoms with Crippen LogP contribution in [-0.2, 0) is 32.4 Å². The molecule has 12 nitrogen and oxygen atoms in total. The van der Waals surface area contributed by atoms with E-state index in [1.165, 1.54) is 12.3 Å². The highest BCUT2D eigenvalue weighted by molar-refractivity contribution is 7.48. The molecule has 7 atom stereocenters. The van der Waals surface area contributed by atoms with Crippen molar-refractivity contribution < 1.29 is 32.4 Å². The van der Waals surface area contributed by atoms with E-state index in [2.05, 4.69) is 4.98 Å². The number of ether oxygens (including phenoxy) is 2. The van der Waals surface area contributed by atoms with Crippen LogP contribution in [-0.4, -0.2) is 51.6 Å². The molecule has 5 rings (SSSR count). The van der Waals surface area contributed by atoms with Crippen molar-refractivity contribution >= 4 is 13.8 Å². The van der Waals surface area contributed by atoms with Gasteiger partial charge in [0.15, 0.2) is 11.8 Å². The number of H-pyrrole nitrogens is 1. The summed E-state index contributed by atoms with van der Waals surface area (Å²) in [7, 11) is -4.04. The van der Waals surface area contributed by atoms with Crippen molar-refractivity contribution in [1.82, 2.24) is 9.55 Å². The van der Waals surface area contributed by atoms with E-state index in [1.54, 1.807) is 20.8 Å². The van der Waals surface area contributed by atoms with Gasteiger partial charge in [-0.3, -0.25) is 32.7 Å². The number of aromatic amines is 1. The van der Waals surface area contributed by atoms with Crippen LogP contribution in [0.3, 0.4) is 0 Å². The van der Waals surface area contributed by atoms with Gasteiger partial charge in [-0.2, -0.15) is 0 Å². The monoisotopic (exact) mass is 521 g/mol. The van der Waals surface area contributed by atoms with E-state index in [0.717, 1.165) is 10.1 Å². The molecule has 1 aromatic heterocycles. The van der Waals surface area contributed by atoms with Crippen LogP contribution < -0.4 is 17.0 Å². The molecule has 3 N–H and O–H groups in total. The molecule has 1 spiro atoms. The van der Waals surface area contributed by atoms with Crippen LogP contribution >= 0.6 is 7.82 Å². The van der Waals surface area contributed by atoms with Gasteiger partial charge in [-0.1, -0.05) is 30.3 Å². The molecule has 13 heteroatoms. The number of rotatable bonds is 8. The van der Waals surface area contributed by atoms with Gasteiger partial charge in [0.05, 0.1) is 24.2 Å². The highest BCUT2D eigenvalue weighted by Crippen LogP contribution is 2.77. The number of carbonyl (C=O) groups is 1. The Morgan fingerprint density at radius 1 is 1.22 bits per heavy atom. The van der Waals surface area contributed by atoms with Crippen LogP contribution in [0.25, 0.3) is 0 Å². The molecule has 194 valence electrons. The molecule has 2 aromatic rings. The molecular formula is C23H28N3O9P. The molecule has 0 radical (unpaired) electrons. The Bertz CT molecular complexity index is 1320. The molecule has 3 heterocycles. The molecular weight excluding hydrogens is 493 g/mol. The van der Waals surface area contributed by atoms with E-state index in [-0.39, 0.29) is 19.1 Å². The van der Waals surface area contributed by atoms with Crippen LogP contribution in [0.1, 0.15) is 44.9 Å². The summed E-state index contributed by atoms with van der Waals surface area (Å²) in [6, 6.07) is 10.3. The van der Waals surface area contributed by atoms with Gasteiger partial charge < -0.3 is 15.2 Å². The second-order valence-corrected chi connectivity index (χ2v) is 11.2. The van der Waals surface area contributed by atoms with E-state index in [0.29, 0.717) is 0 Å². The van der Waals surface area contributed by atoms with E-state index in [4.69, 9.17) is 28.8 Å². The van der Waals surface area contributed by atoms with Crippen molar-refractivity contribution in [2.45, 2.75) is 68.8 Å². The molecule has 0 bridgehead atoms. The molecule has 36 heavy (non-hydrogen) atoms. The lowest BCUT2D eigenvalue weighted by Gasteiger charge is -2.33. The zero-order valence-electron chi connectivity index (χ0n) is 20.0. The van der Waals surface area contributed by atoms with Gasteiger partial charge in [-0.15, -0.1) is 0 Å². The summed E-state index contributed by atoms with van der Waals surface area (Å²) in [5.41, 5.74) is 3.42. The highest BCUT2D eigenvalue weighted by atomic mass is 31.2. The van der Waals surface area contributed by atoms with Crippen molar-refractivity contribution in [3.05, 3.63) is 69.0 Å². The van der Waals surface area contributed by atoms with E-state index >= 15 is 0 Å². The van der Waals surface area contributed by atoms with Crippen LogP contribution in [0.5, 0.6) is 0 Å². The maximum Gasteiger partial charge on any atom is 0.476 e. The second-order valence-electron chi connectivity index (χ2n) is 9.64. The van der Waals surface area contributed by atoms with Crippen molar-refractivity contribution in [2.24, 2.45) is 5.73 Å². The molecule has 1 aromatic carbocycles. The number of nitrogens with zero attached hydrogens (tertiary/aromatic N) is 1.